The van der Waals surface area contributed by atoms with Crippen molar-refractivity contribution in [3.8, 4) is 0 Å². The number of hydrogen-bond acceptors (Lipinski definition) is 2. The lowest BCUT2D eigenvalue weighted by Gasteiger charge is -2.28. The van der Waals surface area contributed by atoms with Gasteiger partial charge in [-0.15, -0.1) is 0 Å². The fraction of sp³-hybridized carbons (Fsp3) is 0.533. The molecule has 0 atom stereocenters. The highest BCUT2D eigenvalue weighted by molar-refractivity contribution is 6.02. The van der Waals surface area contributed by atoms with Crippen molar-refractivity contribution in [1.29, 1.82) is 0 Å². The number of ether oxygens (including phenoxy) is 1. The Kier molecular flexibility index (Phi) is 4.47. The van der Waals surface area contributed by atoms with E-state index >= 15 is 0 Å². The van der Waals surface area contributed by atoms with E-state index in [4.69, 9.17) is 4.74 Å². The molecule has 0 saturated carbocycles. The first kappa shape index (κ1) is 13.9. The fourth-order valence-corrected chi connectivity index (χ4v) is 2.10. The minimum absolute atomic E-state index is 0.0908. The molecule has 0 bridgehead atoms. The van der Waals surface area contributed by atoms with E-state index in [1.54, 1.807) is 7.11 Å². The van der Waals surface area contributed by atoms with Crippen molar-refractivity contribution in [3.05, 3.63) is 34.9 Å². The third kappa shape index (κ3) is 2.58. The summed E-state index contributed by atoms with van der Waals surface area (Å²) in [7, 11) is 1.62. The quantitative estimate of drug-likeness (QED) is 0.726. The van der Waals surface area contributed by atoms with Gasteiger partial charge in [0.2, 0.25) is 0 Å². The van der Waals surface area contributed by atoms with Crippen LogP contribution in [0, 0.1) is 13.8 Å². The van der Waals surface area contributed by atoms with Gasteiger partial charge in [-0.05, 0) is 43.9 Å². The molecule has 2 heteroatoms. The number of benzene rings is 1. The van der Waals surface area contributed by atoms with E-state index in [2.05, 4.69) is 0 Å². The van der Waals surface area contributed by atoms with Gasteiger partial charge in [0, 0.05) is 12.7 Å². The van der Waals surface area contributed by atoms with Crippen LogP contribution >= 0.6 is 0 Å². The van der Waals surface area contributed by atoms with E-state index in [-0.39, 0.29) is 5.78 Å². The summed E-state index contributed by atoms with van der Waals surface area (Å²) in [5, 5.41) is 0. The van der Waals surface area contributed by atoms with Gasteiger partial charge >= 0.3 is 0 Å². The second-order valence-corrected chi connectivity index (χ2v) is 4.53. The number of hydrogen-bond donors (Lipinski definition) is 0. The van der Waals surface area contributed by atoms with Crippen LogP contribution in [0.25, 0.3) is 0 Å². The lowest BCUT2D eigenvalue weighted by Crippen LogP contribution is -2.39. The Morgan fingerprint density at radius 2 is 1.76 bits per heavy atom. The van der Waals surface area contributed by atoms with Crippen molar-refractivity contribution >= 4 is 5.78 Å². The molecule has 0 heterocycles. The lowest BCUT2D eigenvalue weighted by molar-refractivity contribution is -0.00261. The Bertz CT molecular complexity index is 395. The van der Waals surface area contributed by atoms with Crippen LogP contribution in [0.3, 0.4) is 0 Å². The van der Waals surface area contributed by atoms with Gasteiger partial charge in [-0.3, -0.25) is 4.79 Å². The Labute approximate surface area is 104 Å². The van der Waals surface area contributed by atoms with E-state index in [0.29, 0.717) is 12.8 Å². The van der Waals surface area contributed by atoms with Crippen LogP contribution in [0.2, 0.25) is 0 Å². The maximum atomic E-state index is 12.5. The average Bonchev–Trinajstić information content (AvgIpc) is 2.35. The largest absolute Gasteiger partial charge is 0.370 e. The minimum atomic E-state index is -0.665. The van der Waals surface area contributed by atoms with Crippen molar-refractivity contribution in [3.63, 3.8) is 0 Å². The van der Waals surface area contributed by atoms with Crippen LogP contribution in [0.4, 0.5) is 0 Å². The normalized spacial score (nSPS) is 11.6. The van der Waals surface area contributed by atoms with Crippen molar-refractivity contribution in [2.24, 2.45) is 0 Å². The van der Waals surface area contributed by atoms with Crippen LogP contribution in [0.15, 0.2) is 18.2 Å². The molecule has 0 aliphatic carbocycles. The molecular formula is C15H22O2. The average molecular weight is 234 g/mol. The fourth-order valence-electron chi connectivity index (χ4n) is 2.10. The predicted octanol–water partition coefficient (Wildman–Crippen LogP) is 3.69. The van der Waals surface area contributed by atoms with E-state index < -0.39 is 5.60 Å². The molecule has 0 unspecified atom stereocenters. The second-order valence-electron chi connectivity index (χ2n) is 4.53. The molecule has 2 nitrogen and oxygen atoms in total. The first-order valence-electron chi connectivity index (χ1n) is 6.18. The highest BCUT2D eigenvalue weighted by Gasteiger charge is 2.35. The molecule has 0 aliphatic heterocycles. The number of ketones is 1. The number of aryl methyl sites for hydroxylation is 2. The van der Waals surface area contributed by atoms with Crippen molar-refractivity contribution in [2.75, 3.05) is 7.11 Å². The van der Waals surface area contributed by atoms with Crippen LogP contribution < -0.4 is 0 Å². The topological polar surface area (TPSA) is 26.3 Å². The third-order valence-electron chi connectivity index (χ3n) is 3.72. The third-order valence-corrected chi connectivity index (χ3v) is 3.72. The molecule has 0 spiro atoms. The molecule has 0 amide bonds. The molecule has 0 aromatic heterocycles. The summed E-state index contributed by atoms with van der Waals surface area (Å²) in [6.45, 7) is 8.06. The molecule has 94 valence electrons. The second kappa shape index (κ2) is 5.46. The van der Waals surface area contributed by atoms with E-state index in [9.17, 15) is 4.79 Å². The van der Waals surface area contributed by atoms with E-state index in [1.165, 1.54) is 5.56 Å². The van der Waals surface area contributed by atoms with E-state index in [0.717, 1.165) is 11.1 Å². The van der Waals surface area contributed by atoms with Crippen molar-refractivity contribution in [1.82, 2.24) is 0 Å². The molecule has 1 rings (SSSR count). The number of rotatable bonds is 5. The van der Waals surface area contributed by atoms with Crippen LogP contribution in [0.1, 0.15) is 48.2 Å². The zero-order valence-corrected chi connectivity index (χ0v) is 11.5. The summed E-state index contributed by atoms with van der Waals surface area (Å²) in [5.74, 6) is 0.0908. The highest BCUT2D eigenvalue weighted by Crippen LogP contribution is 2.25. The summed E-state index contributed by atoms with van der Waals surface area (Å²) in [6.07, 6.45) is 1.40. The Hall–Kier alpha value is -1.15. The smallest absolute Gasteiger partial charge is 0.194 e. The van der Waals surface area contributed by atoms with Crippen LogP contribution in [0.5, 0.6) is 0 Å². The Morgan fingerprint density at radius 3 is 2.18 bits per heavy atom. The molecule has 0 N–H and O–H groups in total. The summed E-state index contributed by atoms with van der Waals surface area (Å²) in [5.41, 5.74) is 2.44. The first-order valence-corrected chi connectivity index (χ1v) is 6.18. The van der Waals surface area contributed by atoms with Crippen molar-refractivity contribution in [2.45, 2.75) is 46.1 Å². The first-order chi connectivity index (χ1) is 8.00. The molecule has 1 aromatic carbocycles. The summed E-state index contributed by atoms with van der Waals surface area (Å²) < 4.78 is 5.47. The summed E-state index contributed by atoms with van der Waals surface area (Å²) >= 11 is 0. The van der Waals surface area contributed by atoms with Gasteiger partial charge in [-0.1, -0.05) is 26.0 Å². The SMILES string of the molecule is CCC(CC)(OC)C(=O)c1ccc(C)c(C)c1. The minimum Gasteiger partial charge on any atom is -0.370 e. The molecule has 0 saturated heterocycles. The van der Waals surface area contributed by atoms with Gasteiger partial charge in [-0.25, -0.2) is 0 Å². The van der Waals surface area contributed by atoms with Gasteiger partial charge in [0.1, 0.15) is 5.60 Å². The maximum absolute atomic E-state index is 12.5. The number of methoxy groups -OCH3 is 1. The molecule has 0 fully saturated rings. The molecule has 0 radical (unpaired) electrons. The summed E-state index contributed by atoms with van der Waals surface area (Å²) in [4.78, 5) is 12.5. The number of carbonyl (C=O) groups is 1. The Balaban J connectivity index is 3.14. The lowest BCUT2D eigenvalue weighted by atomic mass is 9.87. The summed E-state index contributed by atoms with van der Waals surface area (Å²) in [6, 6.07) is 5.84. The van der Waals surface area contributed by atoms with E-state index in [1.807, 2.05) is 45.9 Å². The standard InChI is InChI=1S/C15H22O2/c1-6-15(7-2,17-5)14(16)13-9-8-11(3)12(4)10-13/h8-10H,6-7H2,1-5H3. The van der Waals surface area contributed by atoms with Gasteiger partial charge < -0.3 is 4.74 Å². The number of Topliss-reactive ketones (excluding diaryl/α,β-unsaturated/α-hetero) is 1. The van der Waals surface area contributed by atoms with Crippen LogP contribution in [-0.4, -0.2) is 18.5 Å². The van der Waals surface area contributed by atoms with Gasteiger partial charge in [0.05, 0.1) is 0 Å². The van der Waals surface area contributed by atoms with Crippen LogP contribution in [-0.2, 0) is 4.74 Å². The monoisotopic (exact) mass is 234 g/mol. The van der Waals surface area contributed by atoms with Gasteiger partial charge in [0.25, 0.3) is 0 Å². The predicted molar refractivity (Wildman–Crippen MR) is 70.6 cm³/mol. The number of carbonyl (C=O) groups excluding carboxylic acids is 1. The molecular weight excluding hydrogens is 212 g/mol. The zero-order chi connectivity index (χ0) is 13.1. The van der Waals surface area contributed by atoms with Gasteiger partial charge in [0.15, 0.2) is 5.78 Å². The van der Waals surface area contributed by atoms with Crippen molar-refractivity contribution < 1.29 is 9.53 Å². The molecule has 17 heavy (non-hydrogen) atoms. The van der Waals surface area contributed by atoms with Gasteiger partial charge in [-0.2, -0.15) is 0 Å². The maximum Gasteiger partial charge on any atom is 0.194 e. The molecule has 0 aliphatic rings. The highest BCUT2D eigenvalue weighted by atomic mass is 16.5. The molecule has 1 aromatic rings. The Morgan fingerprint density at radius 1 is 1.18 bits per heavy atom. The zero-order valence-electron chi connectivity index (χ0n) is 11.5.